The molecule has 0 bridgehead atoms. The highest BCUT2D eigenvalue weighted by atomic mass is 19.4. The summed E-state index contributed by atoms with van der Waals surface area (Å²) in [4.78, 5) is 64.8. The number of rotatable bonds is 14. The Bertz CT molecular complexity index is 1160. The molecule has 1 aromatic carbocycles. The normalized spacial score (nSPS) is 10.4. The lowest BCUT2D eigenvalue weighted by Gasteiger charge is -2.19. The van der Waals surface area contributed by atoms with E-state index in [1.54, 1.807) is 31.4 Å². The number of halogens is 6. The fourth-order valence-electron chi connectivity index (χ4n) is 2.75. The van der Waals surface area contributed by atoms with Crippen LogP contribution in [0.2, 0.25) is 0 Å². The van der Waals surface area contributed by atoms with E-state index in [0.29, 0.717) is 13.1 Å². The van der Waals surface area contributed by atoms with Crippen molar-refractivity contribution >= 4 is 35.6 Å². The lowest BCUT2D eigenvalue weighted by molar-refractivity contribution is -0.156. The Morgan fingerprint density at radius 3 is 1.38 bits per heavy atom. The summed E-state index contributed by atoms with van der Waals surface area (Å²) < 4.78 is 79.0. The van der Waals surface area contributed by atoms with Gasteiger partial charge in [0.05, 0.1) is 25.9 Å². The molecular weight excluding hydrogens is 710 g/mol. The number of nitrogens with two attached hydrogens (primary N) is 2. The van der Waals surface area contributed by atoms with Gasteiger partial charge in [-0.2, -0.15) is 26.3 Å². The summed E-state index contributed by atoms with van der Waals surface area (Å²) in [5, 5.41) is 8.41. The molecule has 1 aromatic rings. The molecule has 302 valence electrons. The Balaban J connectivity index is -0.000000310. The topological polar surface area (TPSA) is 221 Å². The molecule has 14 nitrogen and oxygen atoms in total. The molecule has 0 saturated heterocycles. The largest absolute Gasteiger partial charge is 0.461 e. The van der Waals surface area contributed by atoms with E-state index in [1.807, 2.05) is 44.2 Å². The Labute approximate surface area is 300 Å². The Morgan fingerprint density at radius 1 is 0.615 bits per heavy atom. The van der Waals surface area contributed by atoms with Crippen LogP contribution in [0.3, 0.4) is 0 Å². The van der Waals surface area contributed by atoms with E-state index >= 15 is 0 Å². The van der Waals surface area contributed by atoms with Gasteiger partial charge in [0.25, 0.3) is 0 Å². The summed E-state index contributed by atoms with van der Waals surface area (Å²) in [5.74, 6) is -2.81. The van der Waals surface area contributed by atoms with E-state index in [1.165, 1.54) is 0 Å². The van der Waals surface area contributed by atoms with Crippen molar-refractivity contribution in [3.63, 3.8) is 0 Å². The number of ether oxygens (including phenoxy) is 2. The fraction of sp³-hybridized carbons (Fsp3) is 0.625. The maximum atomic E-state index is 11.7. The summed E-state index contributed by atoms with van der Waals surface area (Å²) in [6.45, 7) is 7.15. The van der Waals surface area contributed by atoms with Gasteiger partial charge in [-0.25, -0.2) is 0 Å². The maximum absolute atomic E-state index is 11.7. The zero-order valence-corrected chi connectivity index (χ0v) is 29.4. The third kappa shape index (κ3) is 43.6. The molecule has 0 radical (unpaired) electrons. The fourth-order valence-corrected chi connectivity index (χ4v) is 2.75. The lowest BCUT2D eigenvalue weighted by Crippen LogP contribution is -2.37. The van der Waals surface area contributed by atoms with Gasteiger partial charge >= 0.3 is 24.3 Å². The number of hydrogen-bond acceptors (Lipinski definition) is 10. The summed E-state index contributed by atoms with van der Waals surface area (Å²) in [7, 11) is 0. The Morgan fingerprint density at radius 2 is 1.00 bits per heavy atom. The SMILES string of the molecule is C.CC(C)(C)OC(=O)CCC(=O)NCC(F)(F)F.CCNC(=O)CCC(=O)OCc1ccccc1.CCNC(=O)CN.NCC(=O)NCC(F)(F)F. The molecule has 0 aliphatic rings. The van der Waals surface area contributed by atoms with Gasteiger partial charge in [-0.15, -0.1) is 0 Å². The molecule has 1 rings (SSSR count). The number of esters is 2. The number of alkyl halides is 6. The van der Waals surface area contributed by atoms with Crippen LogP contribution in [-0.4, -0.2) is 92.8 Å². The summed E-state index contributed by atoms with van der Waals surface area (Å²) in [6, 6.07) is 9.45. The van der Waals surface area contributed by atoms with Crippen molar-refractivity contribution in [1.29, 1.82) is 0 Å². The van der Waals surface area contributed by atoms with Crippen LogP contribution in [0.1, 0.15) is 73.3 Å². The molecule has 0 aliphatic carbocycles. The van der Waals surface area contributed by atoms with Crippen LogP contribution in [0, 0.1) is 0 Å². The summed E-state index contributed by atoms with van der Waals surface area (Å²) in [5.41, 5.74) is 9.94. The zero-order valence-electron chi connectivity index (χ0n) is 29.4. The van der Waals surface area contributed by atoms with Gasteiger partial charge in [-0.1, -0.05) is 37.8 Å². The van der Waals surface area contributed by atoms with Gasteiger partial charge in [0.15, 0.2) is 0 Å². The number of benzene rings is 1. The average Bonchev–Trinajstić information content (AvgIpc) is 3.03. The predicted octanol–water partition coefficient (Wildman–Crippen LogP) is 2.77. The van der Waals surface area contributed by atoms with Gasteiger partial charge in [-0.05, 0) is 40.2 Å². The maximum Gasteiger partial charge on any atom is 0.405 e. The minimum Gasteiger partial charge on any atom is -0.461 e. The van der Waals surface area contributed by atoms with Gasteiger partial charge in [0.2, 0.25) is 23.6 Å². The van der Waals surface area contributed by atoms with Crippen LogP contribution in [0.5, 0.6) is 0 Å². The van der Waals surface area contributed by atoms with E-state index < -0.39 is 55.4 Å². The number of nitrogens with one attached hydrogen (secondary N) is 4. The van der Waals surface area contributed by atoms with E-state index in [4.69, 9.17) is 20.9 Å². The van der Waals surface area contributed by atoms with Gasteiger partial charge in [0.1, 0.15) is 25.3 Å². The predicted molar refractivity (Wildman–Crippen MR) is 181 cm³/mol. The number of likely N-dealkylation sites (N-methyl/N-ethyl adjacent to an activating group) is 1. The molecule has 20 heteroatoms. The smallest absolute Gasteiger partial charge is 0.405 e. The molecule has 0 spiro atoms. The summed E-state index contributed by atoms with van der Waals surface area (Å²) >= 11 is 0. The van der Waals surface area contributed by atoms with Crippen molar-refractivity contribution in [1.82, 2.24) is 21.3 Å². The standard InChI is InChI=1S/C13H17NO3.C10H16F3NO3.C4H7F3N2O.C4H10N2O.CH4/c1-2-14-12(15)8-9-13(16)17-10-11-6-4-3-5-7-11;1-9(2,3)17-8(16)5-4-7(15)14-6-10(11,12)13;5-4(6,7)2-9-3(10)1-8;1-2-6-4(7)3-5;/h3-7H,2,8-10H2,1H3,(H,14,15);4-6H2,1-3H3,(H,14,15);1-2,8H2,(H,9,10);2-3,5H2,1H3,(H,6,7);1H4. The summed E-state index contributed by atoms with van der Waals surface area (Å²) in [6.07, 6.45) is -9.04. The molecule has 4 amide bonds. The van der Waals surface area contributed by atoms with E-state index in [9.17, 15) is 55.1 Å². The molecule has 0 heterocycles. The lowest BCUT2D eigenvalue weighted by atomic mass is 10.2. The first-order chi connectivity index (χ1) is 23.5. The molecular formula is C32H54F6N6O8. The Hall–Kier alpha value is -4.46. The monoisotopic (exact) mass is 764 g/mol. The number of carbonyl (C=O) groups excluding carboxylic acids is 6. The molecule has 0 unspecified atom stereocenters. The van der Waals surface area contributed by atoms with Crippen LogP contribution in [0.4, 0.5) is 26.3 Å². The second kappa shape index (κ2) is 30.2. The molecule has 52 heavy (non-hydrogen) atoms. The van der Waals surface area contributed by atoms with Gasteiger partial charge < -0.3 is 42.2 Å². The van der Waals surface area contributed by atoms with Crippen LogP contribution in [0.25, 0.3) is 0 Å². The zero-order chi connectivity index (χ0) is 40.1. The van der Waals surface area contributed by atoms with Crippen LogP contribution < -0.4 is 32.7 Å². The molecule has 0 fully saturated rings. The van der Waals surface area contributed by atoms with Crippen molar-refractivity contribution in [3.8, 4) is 0 Å². The Kier molecular flexibility index (Phi) is 31.5. The first-order valence-corrected chi connectivity index (χ1v) is 15.5. The van der Waals surface area contributed by atoms with Crippen molar-refractivity contribution in [2.24, 2.45) is 11.5 Å². The second-order valence-corrected chi connectivity index (χ2v) is 10.8. The molecule has 0 aromatic heterocycles. The van der Waals surface area contributed by atoms with Crippen LogP contribution >= 0.6 is 0 Å². The van der Waals surface area contributed by atoms with Crippen LogP contribution in [-0.2, 0) is 44.8 Å². The highest BCUT2D eigenvalue weighted by Crippen LogP contribution is 2.13. The quantitative estimate of drug-likeness (QED) is 0.120. The highest BCUT2D eigenvalue weighted by molar-refractivity contribution is 5.82. The van der Waals surface area contributed by atoms with E-state index in [2.05, 4.69) is 10.6 Å². The third-order valence-electron chi connectivity index (χ3n) is 4.87. The minimum absolute atomic E-state index is 0. The first-order valence-electron chi connectivity index (χ1n) is 15.5. The third-order valence-corrected chi connectivity index (χ3v) is 4.87. The number of hydrogen-bond donors (Lipinski definition) is 6. The van der Waals surface area contributed by atoms with Crippen LogP contribution in [0.15, 0.2) is 30.3 Å². The van der Waals surface area contributed by atoms with E-state index in [0.717, 1.165) is 5.56 Å². The molecule has 0 saturated carbocycles. The average molecular weight is 765 g/mol. The van der Waals surface area contributed by atoms with Crippen molar-refractivity contribution < 1.29 is 64.6 Å². The number of amides is 4. The first kappa shape index (κ1) is 54.3. The van der Waals surface area contributed by atoms with Crippen molar-refractivity contribution in [2.45, 2.75) is 92.3 Å². The minimum atomic E-state index is -4.44. The molecule has 0 atom stereocenters. The molecule has 8 N–H and O–H groups in total. The van der Waals surface area contributed by atoms with E-state index in [-0.39, 0.29) is 64.0 Å². The van der Waals surface area contributed by atoms with Gasteiger partial charge in [-0.3, -0.25) is 28.8 Å². The molecule has 0 aliphatic heterocycles. The highest BCUT2D eigenvalue weighted by Gasteiger charge is 2.28. The second-order valence-electron chi connectivity index (χ2n) is 10.8. The van der Waals surface area contributed by atoms with Crippen molar-refractivity contribution in [2.75, 3.05) is 39.3 Å². The van der Waals surface area contributed by atoms with Crippen molar-refractivity contribution in [3.05, 3.63) is 35.9 Å². The van der Waals surface area contributed by atoms with Gasteiger partial charge in [0, 0.05) is 25.9 Å². The number of carbonyl (C=O) groups is 6.